The van der Waals surface area contributed by atoms with Gasteiger partial charge in [0.2, 0.25) is 0 Å². The second-order valence-corrected chi connectivity index (χ2v) is 8.91. The van der Waals surface area contributed by atoms with Crippen LogP contribution in [-0.2, 0) is 0 Å². The zero-order chi connectivity index (χ0) is 18.6. The Hall–Kier alpha value is -1.46. The van der Waals surface area contributed by atoms with Crippen LogP contribution in [0.1, 0.15) is 52.9 Å². The molecule has 5 nitrogen and oxygen atoms in total. The van der Waals surface area contributed by atoms with Gasteiger partial charge >= 0.3 is 0 Å². The lowest BCUT2D eigenvalue weighted by atomic mass is 9.63. The Balaban J connectivity index is 1.34. The van der Waals surface area contributed by atoms with Gasteiger partial charge in [0.1, 0.15) is 5.84 Å². The summed E-state index contributed by atoms with van der Waals surface area (Å²) in [4.78, 5) is 4.67. The Bertz CT molecular complexity index is 678. The molecule has 0 aromatic heterocycles. The van der Waals surface area contributed by atoms with E-state index in [9.17, 15) is 0 Å². The number of nitrogens with two attached hydrogens (primary N) is 1. The van der Waals surface area contributed by atoms with Gasteiger partial charge in [0.25, 0.3) is 0 Å². The minimum Gasteiger partial charge on any atom is -0.324 e. The maximum atomic E-state index is 8.43. The molecular weight excluding hydrogens is 322 g/mol. The summed E-state index contributed by atoms with van der Waals surface area (Å²) in [5.74, 6) is 1.31. The van der Waals surface area contributed by atoms with Gasteiger partial charge in [-0.05, 0) is 44.6 Å². The summed E-state index contributed by atoms with van der Waals surface area (Å²) in [5.41, 5.74) is 8.09. The predicted octanol–water partition coefficient (Wildman–Crippen LogP) is 3.13. The lowest BCUT2D eigenvalue weighted by Gasteiger charge is -2.63. The van der Waals surface area contributed by atoms with Crippen LogP contribution in [-0.4, -0.2) is 52.2 Å². The normalized spacial score (nSPS) is 35.6. The van der Waals surface area contributed by atoms with E-state index in [1.54, 1.807) is 0 Å². The number of rotatable bonds is 6. The molecule has 5 atom stereocenters. The van der Waals surface area contributed by atoms with Crippen molar-refractivity contribution in [2.75, 3.05) is 6.54 Å². The van der Waals surface area contributed by atoms with Crippen molar-refractivity contribution in [1.29, 1.82) is 10.8 Å². The minimum atomic E-state index is 0.158. The van der Waals surface area contributed by atoms with Crippen molar-refractivity contribution in [2.24, 2.45) is 17.1 Å². The van der Waals surface area contributed by atoms with E-state index in [0.717, 1.165) is 32.2 Å². The first-order valence-corrected chi connectivity index (χ1v) is 10.2. The van der Waals surface area contributed by atoms with Gasteiger partial charge in [0.15, 0.2) is 0 Å². The topological polar surface area (TPSA) is 80.2 Å². The van der Waals surface area contributed by atoms with Crippen LogP contribution in [0.4, 0.5) is 0 Å². The Morgan fingerprint density at radius 1 is 1.35 bits per heavy atom. The van der Waals surface area contributed by atoms with Crippen molar-refractivity contribution in [3.8, 4) is 0 Å². The summed E-state index contributed by atoms with van der Waals surface area (Å²) in [7, 11) is 0. The van der Waals surface area contributed by atoms with Crippen molar-refractivity contribution in [3.63, 3.8) is 0 Å². The van der Waals surface area contributed by atoms with Crippen LogP contribution in [0, 0.1) is 22.2 Å². The third kappa shape index (κ3) is 2.51. The number of hydrogen-bond acceptors (Lipinski definition) is 4. The third-order valence-electron chi connectivity index (χ3n) is 7.12. The molecule has 1 aliphatic heterocycles. The number of likely N-dealkylation sites (tertiary alicyclic amines) is 1. The molecule has 26 heavy (non-hydrogen) atoms. The van der Waals surface area contributed by atoms with Crippen LogP contribution in [0.25, 0.3) is 0 Å². The second-order valence-electron chi connectivity index (χ2n) is 8.91. The molecule has 4 rings (SSSR count). The lowest BCUT2D eigenvalue weighted by molar-refractivity contribution is -0.108. The molecule has 3 fully saturated rings. The molecule has 4 aliphatic rings. The Labute approximate surface area is 157 Å². The highest BCUT2D eigenvalue weighted by molar-refractivity contribution is 5.98. The van der Waals surface area contributed by atoms with Crippen LogP contribution in [0.5, 0.6) is 0 Å². The molecule has 0 radical (unpaired) electrons. The zero-order valence-corrected chi connectivity index (χ0v) is 16.3. The molecule has 2 saturated carbocycles. The van der Waals surface area contributed by atoms with E-state index in [4.69, 9.17) is 16.6 Å². The third-order valence-corrected chi connectivity index (χ3v) is 7.12. The maximum absolute atomic E-state index is 8.43. The van der Waals surface area contributed by atoms with Gasteiger partial charge in [-0.3, -0.25) is 15.7 Å². The lowest BCUT2D eigenvalue weighted by Crippen LogP contribution is -2.74. The summed E-state index contributed by atoms with van der Waals surface area (Å²) < 4.78 is 0. The highest BCUT2D eigenvalue weighted by atomic mass is 15.4. The summed E-state index contributed by atoms with van der Waals surface area (Å²) >= 11 is 0. The van der Waals surface area contributed by atoms with Crippen LogP contribution in [0.3, 0.4) is 0 Å². The number of nitrogens with one attached hydrogen (secondary N) is 2. The number of allylic oxidation sites excluding steroid dienone is 2. The fourth-order valence-corrected chi connectivity index (χ4v) is 5.59. The molecule has 0 aromatic rings. The fourth-order valence-electron chi connectivity index (χ4n) is 5.59. The van der Waals surface area contributed by atoms with Crippen LogP contribution < -0.4 is 5.73 Å². The molecule has 4 unspecified atom stereocenters. The van der Waals surface area contributed by atoms with Gasteiger partial charge in [-0.2, -0.15) is 0 Å². The van der Waals surface area contributed by atoms with Gasteiger partial charge in [0.05, 0.1) is 5.84 Å². The number of hydrogen-bond donors (Lipinski definition) is 3. The summed E-state index contributed by atoms with van der Waals surface area (Å²) in [5, 5.41) is 16.6. The SMILES string of the molecule is CC(=N)N(C(=N)C(C)C)C1CC2N(CC[C@H](N)C3=CCCC=C3)C3CC123. The average Bonchev–Trinajstić information content (AvgIpc) is 3.34. The average molecular weight is 356 g/mol. The molecule has 0 amide bonds. The van der Waals surface area contributed by atoms with Crippen molar-refractivity contribution < 1.29 is 0 Å². The standard InChI is InChI=1S/C21H33N5/c1-13(2)20(24)26(14(3)22)18-11-17-21(18)12-19(21)25(17)10-9-16(23)15-7-5-4-6-8-15/h5,7-8,13,16-19,22,24H,4,6,9-12,23H2,1-3H3/t16-,17?,18?,19?,21?/m0/s1. The van der Waals surface area contributed by atoms with Crippen LogP contribution >= 0.6 is 0 Å². The van der Waals surface area contributed by atoms with Gasteiger partial charge < -0.3 is 10.6 Å². The Kier molecular flexibility index (Phi) is 4.35. The van der Waals surface area contributed by atoms with E-state index in [1.165, 1.54) is 12.0 Å². The molecule has 1 heterocycles. The smallest absolute Gasteiger partial charge is 0.104 e. The first-order chi connectivity index (χ1) is 12.4. The molecule has 1 spiro atoms. The Morgan fingerprint density at radius 3 is 2.69 bits per heavy atom. The molecule has 0 bridgehead atoms. The van der Waals surface area contributed by atoms with E-state index in [2.05, 4.69) is 37.0 Å². The first-order valence-electron chi connectivity index (χ1n) is 10.2. The van der Waals surface area contributed by atoms with E-state index < -0.39 is 0 Å². The number of amidine groups is 2. The van der Waals surface area contributed by atoms with Gasteiger partial charge in [0, 0.05) is 42.0 Å². The fraction of sp³-hybridized carbons (Fsp3) is 0.714. The second kappa shape index (κ2) is 6.31. The zero-order valence-electron chi connectivity index (χ0n) is 16.3. The molecule has 3 aliphatic carbocycles. The van der Waals surface area contributed by atoms with Crippen molar-refractivity contribution in [3.05, 3.63) is 23.8 Å². The Morgan fingerprint density at radius 2 is 2.12 bits per heavy atom. The quantitative estimate of drug-likeness (QED) is 0.506. The molecular formula is C21H33N5. The first kappa shape index (κ1) is 17.9. The molecule has 5 heteroatoms. The highest BCUT2D eigenvalue weighted by Crippen LogP contribution is 2.74. The van der Waals surface area contributed by atoms with Crippen LogP contribution in [0.15, 0.2) is 23.8 Å². The molecule has 1 saturated heterocycles. The summed E-state index contributed by atoms with van der Waals surface area (Å²) in [6.45, 7) is 7.03. The van der Waals surface area contributed by atoms with Crippen molar-refractivity contribution >= 4 is 11.7 Å². The molecule has 142 valence electrons. The monoisotopic (exact) mass is 355 g/mol. The molecule has 0 aromatic carbocycles. The molecule has 4 N–H and O–H groups in total. The number of nitrogens with zero attached hydrogens (tertiary/aromatic N) is 2. The van der Waals surface area contributed by atoms with E-state index >= 15 is 0 Å². The van der Waals surface area contributed by atoms with Crippen LogP contribution in [0.2, 0.25) is 0 Å². The van der Waals surface area contributed by atoms with Gasteiger partial charge in [-0.1, -0.05) is 32.1 Å². The van der Waals surface area contributed by atoms with Crippen molar-refractivity contribution in [2.45, 2.75) is 77.0 Å². The summed E-state index contributed by atoms with van der Waals surface area (Å²) in [6, 6.07) is 1.85. The van der Waals surface area contributed by atoms with E-state index in [0.29, 0.717) is 35.2 Å². The van der Waals surface area contributed by atoms with Gasteiger partial charge in [-0.25, -0.2) is 0 Å². The van der Waals surface area contributed by atoms with Gasteiger partial charge in [-0.15, -0.1) is 0 Å². The minimum absolute atomic E-state index is 0.158. The largest absolute Gasteiger partial charge is 0.324 e. The summed E-state index contributed by atoms with van der Waals surface area (Å²) in [6.07, 6.45) is 12.4. The van der Waals surface area contributed by atoms with Crippen molar-refractivity contribution in [1.82, 2.24) is 9.80 Å². The van der Waals surface area contributed by atoms with E-state index in [-0.39, 0.29) is 12.0 Å². The maximum Gasteiger partial charge on any atom is 0.104 e. The predicted molar refractivity (Wildman–Crippen MR) is 107 cm³/mol. The number of piperidine rings is 1. The van der Waals surface area contributed by atoms with E-state index in [1.807, 2.05) is 11.8 Å². The highest BCUT2D eigenvalue weighted by Gasteiger charge is 2.82.